The summed E-state index contributed by atoms with van der Waals surface area (Å²) < 4.78 is 0. The summed E-state index contributed by atoms with van der Waals surface area (Å²) in [6.45, 7) is 4.89. The highest BCUT2D eigenvalue weighted by Gasteiger charge is 2.08. The van der Waals surface area contributed by atoms with Crippen molar-refractivity contribution in [3.63, 3.8) is 0 Å². The second-order valence-corrected chi connectivity index (χ2v) is 5.00. The Morgan fingerprint density at radius 3 is 2.76 bits per heavy atom. The topological polar surface area (TPSA) is 86.9 Å². The Morgan fingerprint density at radius 1 is 1.29 bits per heavy atom. The molecule has 3 N–H and O–H groups in total. The van der Waals surface area contributed by atoms with E-state index >= 15 is 0 Å². The number of benzene rings is 1. The van der Waals surface area contributed by atoms with Gasteiger partial charge in [0.1, 0.15) is 5.69 Å². The minimum atomic E-state index is -0.361. The quantitative estimate of drug-likeness (QED) is 0.777. The highest BCUT2D eigenvalue weighted by Crippen LogP contribution is 2.11. The lowest BCUT2D eigenvalue weighted by atomic mass is 10.2. The SMILES string of the molecule is CC(C)NCc1cccc(NC(=O)c2ccc(=O)[nH]n2)c1. The van der Waals surface area contributed by atoms with Gasteiger partial charge in [-0.1, -0.05) is 26.0 Å². The van der Waals surface area contributed by atoms with E-state index in [1.807, 2.05) is 24.3 Å². The molecule has 2 aromatic rings. The summed E-state index contributed by atoms with van der Waals surface area (Å²) in [7, 11) is 0. The number of nitrogens with zero attached hydrogens (tertiary/aromatic N) is 1. The number of carbonyl (C=O) groups is 1. The molecular weight excluding hydrogens is 268 g/mol. The van der Waals surface area contributed by atoms with Crippen LogP contribution in [0.15, 0.2) is 41.2 Å². The zero-order valence-electron chi connectivity index (χ0n) is 12.0. The highest BCUT2D eigenvalue weighted by molar-refractivity contribution is 6.02. The van der Waals surface area contributed by atoms with Crippen molar-refractivity contribution in [2.45, 2.75) is 26.4 Å². The molecule has 6 nitrogen and oxygen atoms in total. The van der Waals surface area contributed by atoms with Crippen molar-refractivity contribution >= 4 is 11.6 Å². The number of carbonyl (C=O) groups excluding carboxylic acids is 1. The molecule has 0 aliphatic carbocycles. The minimum absolute atomic E-state index is 0.167. The largest absolute Gasteiger partial charge is 0.321 e. The van der Waals surface area contributed by atoms with Gasteiger partial charge in [-0.25, -0.2) is 5.10 Å². The van der Waals surface area contributed by atoms with E-state index in [9.17, 15) is 9.59 Å². The van der Waals surface area contributed by atoms with Crippen LogP contribution in [0, 0.1) is 0 Å². The Kier molecular flexibility index (Phi) is 4.84. The highest BCUT2D eigenvalue weighted by atomic mass is 16.2. The van der Waals surface area contributed by atoms with Crippen LogP contribution in [0.4, 0.5) is 5.69 Å². The number of hydrogen-bond donors (Lipinski definition) is 3. The van der Waals surface area contributed by atoms with Gasteiger partial charge >= 0.3 is 0 Å². The summed E-state index contributed by atoms with van der Waals surface area (Å²) in [4.78, 5) is 22.9. The number of H-pyrrole nitrogens is 1. The molecule has 0 bridgehead atoms. The number of amides is 1. The van der Waals surface area contributed by atoms with E-state index in [0.29, 0.717) is 11.7 Å². The number of nitrogens with one attached hydrogen (secondary N) is 3. The van der Waals surface area contributed by atoms with Gasteiger partial charge in [0, 0.05) is 24.3 Å². The Bertz CT molecular complexity index is 659. The van der Waals surface area contributed by atoms with E-state index in [0.717, 1.165) is 12.1 Å². The average Bonchev–Trinajstić information content (AvgIpc) is 2.46. The lowest BCUT2D eigenvalue weighted by Crippen LogP contribution is -2.22. The number of rotatable bonds is 5. The lowest BCUT2D eigenvalue weighted by Gasteiger charge is -2.10. The molecule has 0 aliphatic heterocycles. The van der Waals surface area contributed by atoms with Crippen molar-refractivity contribution in [1.29, 1.82) is 0 Å². The smallest absolute Gasteiger partial charge is 0.276 e. The maximum Gasteiger partial charge on any atom is 0.276 e. The first-order chi connectivity index (χ1) is 10.0. The Labute approximate surface area is 122 Å². The predicted molar refractivity (Wildman–Crippen MR) is 81.2 cm³/mol. The lowest BCUT2D eigenvalue weighted by molar-refractivity contribution is 0.102. The summed E-state index contributed by atoms with van der Waals surface area (Å²) >= 11 is 0. The van der Waals surface area contributed by atoms with Gasteiger partial charge in [0.05, 0.1) is 0 Å². The van der Waals surface area contributed by atoms with Crippen LogP contribution in [0.5, 0.6) is 0 Å². The van der Waals surface area contributed by atoms with E-state index in [4.69, 9.17) is 0 Å². The number of hydrogen-bond acceptors (Lipinski definition) is 4. The van der Waals surface area contributed by atoms with E-state index in [1.54, 1.807) is 0 Å². The van der Waals surface area contributed by atoms with E-state index in [2.05, 4.69) is 34.7 Å². The van der Waals surface area contributed by atoms with E-state index in [-0.39, 0.29) is 17.2 Å². The molecule has 0 unspecified atom stereocenters. The van der Waals surface area contributed by atoms with Crippen LogP contribution in [0.3, 0.4) is 0 Å². The molecule has 110 valence electrons. The summed E-state index contributed by atoms with van der Waals surface area (Å²) in [5.74, 6) is -0.361. The third-order valence-corrected chi connectivity index (χ3v) is 2.81. The maximum atomic E-state index is 12.0. The molecule has 0 atom stereocenters. The van der Waals surface area contributed by atoms with Crippen LogP contribution in [0.25, 0.3) is 0 Å². The van der Waals surface area contributed by atoms with Crippen molar-refractivity contribution in [3.8, 4) is 0 Å². The molecule has 0 radical (unpaired) electrons. The number of aromatic nitrogens is 2. The first-order valence-electron chi connectivity index (χ1n) is 6.74. The standard InChI is InChI=1S/C15H18N4O2/c1-10(2)16-9-11-4-3-5-12(8-11)17-15(21)13-6-7-14(20)19-18-13/h3-8,10,16H,9H2,1-2H3,(H,17,21)(H,19,20). The maximum absolute atomic E-state index is 12.0. The summed E-state index contributed by atoms with van der Waals surface area (Å²) in [5, 5.41) is 12.0. The molecule has 1 heterocycles. The summed E-state index contributed by atoms with van der Waals surface area (Å²) in [6.07, 6.45) is 0. The Hall–Kier alpha value is -2.47. The van der Waals surface area contributed by atoms with E-state index in [1.165, 1.54) is 12.1 Å². The van der Waals surface area contributed by atoms with E-state index < -0.39 is 0 Å². The van der Waals surface area contributed by atoms with Gasteiger partial charge in [0.15, 0.2) is 0 Å². The molecule has 0 spiro atoms. The fourth-order valence-electron chi connectivity index (χ4n) is 1.75. The monoisotopic (exact) mass is 286 g/mol. The van der Waals surface area contributed by atoms with Crippen molar-refractivity contribution < 1.29 is 4.79 Å². The second kappa shape index (κ2) is 6.81. The van der Waals surface area contributed by atoms with Gasteiger partial charge in [-0.2, -0.15) is 5.10 Å². The zero-order valence-corrected chi connectivity index (χ0v) is 12.0. The van der Waals surface area contributed by atoms with Crippen LogP contribution < -0.4 is 16.2 Å². The van der Waals surface area contributed by atoms with Crippen LogP contribution in [0.1, 0.15) is 29.9 Å². The second-order valence-electron chi connectivity index (χ2n) is 5.00. The van der Waals surface area contributed by atoms with Crippen molar-refractivity contribution in [1.82, 2.24) is 15.5 Å². The molecule has 2 rings (SSSR count). The fraction of sp³-hybridized carbons (Fsp3) is 0.267. The normalized spacial score (nSPS) is 10.6. The molecule has 1 amide bonds. The van der Waals surface area contributed by atoms with Crippen molar-refractivity contribution in [3.05, 3.63) is 58.0 Å². The van der Waals surface area contributed by atoms with Crippen LogP contribution >= 0.6 is 0 Å². The van der Waals surface area contributed by atoms with Crippen LogP contribution in [0.2, 0.25) is 0 Å². The molecule has 6 heteroatoms. The average molecular weight is 286 g/mol. The predicted octanol–water partition coefficient (Wildman–Crippen LogP) is 1.52. The first kappa shape index (κ1) is 14.9. The molecule has 21 heavy (non-hydrogen) atoms. The summed E-state index contributed by atoms with van der Waals surface area (Å²) in [6, 6.07) is 10.6. The van der Waals surface area contributed by atoms with Gasteiger partial charge in [0.2, 0.25) is 0 Å². The third kappa shape index (κ3) is 4.54. The third-order valence-electron chi connectivity index (χ3n) is 2.81. The van der Waals surface area contributed by atoms with Crippen molar-refractivity contribution in [2.24, 2.45) is 0 Å². The molecule has 0 aliphatic rings. The molecule has 1 aromatic carbocycles. The van der Waals surface area contributed by atoms with Crippen LogP contribution in [-0.4, -0.2) is 22.1 Å². The number of anilines is 1. The van der Waals surface area contributed by atoms with Gasteiger partial charge in [0.25, 0.3) is 11.5 Å². The summed E-state index contributed by atoms with van der Waals surface area (Å²) in [5.41, 5.74) is 1.60. The zero-order chi connectivity index (χ0) is 15.2. The molecule has 0 saturated heterocycles. The van der Waals surface area contributed by atoms with Gasteiger partial charge < -0.3 is 10.6 Å². The van der Waals surface area contributed by atoms with Crippen molar-refractivity contribution in [2.75, 3.05) is 5.32 Å². The molecule has 0 fully saturated rings. The van der Waals surface area contributed by atoms with Gasteiger partial charge in [-0.05, 0) is 23.8 Å². The molecule has 1 aromatic heterocycles. The van der Waals surface area contributed by atoms with Gasteiger partial charge in [-0.15, -0.1) is 0 Å². The fourth-order valence-corrected chi connectivity index (χ4v) is 1.75. The van der Waals surface area contributed by atoms with Gasteiger partial charge in [-0.3, -0.25) is 9.59 Å². The Balaban J connectivity index is 2.05. The number of aromatic amines is 1. The molecular formula is C15H18N4O2. The molecule has 0 saturated carbocycles. The Morgan fingerprint density at radius 2 is 2.10 bits per heavy atom. The minimum Gasteiger partial charge on any atom is -0.321 e. The first-order valence-corrected chi connectivity index (χ1v) is 6.74. The van der Waals surface area contributed by atoms with Crippen LogP contribution in [-0.2, 0) is 6.54 Å².